The van der Waals surface area contributed by atoms with E-state index in [1.165, 1.54) is 5.56 Å². The maximum Gasteiger partial charge on any atom is 0.254 e. The number of morpholine rings is 1. The highest BCUT2D eigenvalue weighted by molar-refractivity contribution is 5.94. The molecule has 0 spiro atoms. The van der Waals surface area contributed by atoms with Crippen molar-refractivity contribution in [3.63, 3.8) is 0 Å². The van der Waals surface area contributed by atoms with E-state index in [1.54, 1.807) is 0 Å². The molecule has 1 heterocycles. The van der Waals surface area contributed by atoms with Crippen molar-refractivity contribution in [2.24, 2.45) is 0 Å². The normalized spacial score (nSPS) is 19.1. The molecule has 0 saturated carbocycles. The molecule has 92 valence electrons. The molecule has 0 atom stereocenters. The van der Waals surface area contributed by atoms with Gasteiger partial charge in [0.2, 0.25) is 0 Å². The zero-order valence-electron chi connectivity index (χ0n) is 10.7. The molecular weight excluding hydrogens is 214 g/mol. The van der Waals surface area contributed by atoms with Crippen LogP contribution in [0.4, 0.5) is 0 Å². The molecule has 2 rings (SSSR count). The van der Waals surface area contributed by atoms with Crippen LogP contribution in [0.5, 0.6) is 0 Å². The lowest BCUT2D eigenvalue weighted by molar-refractivity contribution is -0.0764. The Morgan fingerprint density at radius 3 is 2.53 bits per heavy atom. The number of nitrogens with zero attached hydrogens (tertiary/aromatic N) is 1. The van der Waals surface area contributed by atoms with Crippen LogP contribution in [0.15, 0.2) is 24.3 Å². The van der Waals surface area contributed by atoms with Gasteiger partial charge in [-0.2, -0.15) is 0 Å². The zero-order valence-corrected chi connectivity index (χ0v) is 10.7. The highest BCUT2D eigenvalue weighted by atomic mass is 16.5. The number of hydrogen-bond acceptors (Lipinski definition) is 2. The Kier molecular flexibility index (Phi) is 3.20. The van der Waals surface area contributed by atoms with Gasteiger partial charge >= 0.3 is 0 Å². The first-order valence-electron chi connectivity index (χ1n) is 5.98. The summed E-state index contributed by atoms with van der Waals surface area (Å²) in [7, 11) is 0. The third-order valence-corrected chi connectivity index (χ3v) is 3.01. The van der Waals surface area contributed by atoms with Crippen molar-refractivity contribution in [3.8, 4) is 0 Å². The summed E-state index contributed by atoms with van der Waals surface area (Å²) < 4.78 is 5.61. The molecular formula is C14H19NO2. The second-order valence-corrected chi connectivity index (χ2v) is 5.20. The lowest BCUT2D eigenvalue weighted by Crippen LogP contribution is -2.50. The molecule has 1 saturated heterocycles. The van der Waals surface area contributed by atoms with Crippen LogP contribution in [-0.4, -0.2) is 36.1 Å². The van der Waals surface area contributed by atoms with Gasteiger partial charge in [-0.3, -0.25) is 4.79 Å². The lowest BCUT2D eigenvalue weighted by atomic mass is 10.1. The monoisotopic (exact) mass is 233 g/mol. The van der Waals surface area contributed by atoms with Crippen LogP contribution in [0.3, 0.4) is 0 Å². The summed E-state index contributed by atoms with van der Waals surface area (Å²) in [5.74, 6) is 0.0985. The van der Waals surface area contributed by atoms with Gasteiger partial charge in [-0.25, -0.2) is 0 Å². The van der Waals surface area contributed by atoms with Crippen molar-refractivity contribution in [3.05, 3.63) is 35.4 Å². The number of aryl methyl sites for hydroxylation is 1. The fraction of sp³-hybridized carbons (Fsp3) is 0.500. The van der Waals surface area contributed by atoms with Gasteiger partial charge in [0.25, 0.3) is 5.91 Å². The largest absolute Gasteiger partial charge is 0.372 e. The number of ether oxygens (including phenoxy) is 1. The molecule has 0 N–H and O–H groups in total. The fourth-order valence-electron chi connectivity index (χ4n) is 2.07. The van der Waals surface area contributed by atoms with Gasteiger partial charge < -0.3 is 9.64 Å². The molecule has 0 bridgehead atoms. The van der Waals surface area contributed by atoms with E-state index in [4.69, 9.17) is 4.74 Å². The van der Waals surface area contributed by atoms with Crippen molar-refractivity contribution in [1.29, 1.82) is 0 Å². The Morgan fingerprint density at radius 2 is 1.94 bits per heavy atom. The van der Waals surface area contributed by atoms with E-state index in [1.807, 2.05) is 49.9 Å². The van der Waals surface area contributed by atoms with Crippen LogP contribution in [-0.2, 0) is 4.74 Å². The fourth-order valence-corrected chi connectivity index (χ4v) is 2.07. The smallest absolute Gasteiger partial charge is 0.254 e. The minimum Gasteiger partial charge on any atom is -0.372 e. The van der Waals surface area contributed by atoms with Gasteiger partial charge in [0.15, 0.2) is 0 Å². The summed E-state index contributed by atoms with van der Waals surface area (Å²) in [6.45, 7) is 8.00. The summed E-state index contributed by atoms with van der Waals surface area (Å²) in [4.78, 5) is 14.1. The molecule has 0 radical (unpaired) electrons. The molecule has 0 aliphatic carbocycles. The zero-order chi connectivity index (χ0) is 12.5. The predicted octanol–water partition coefficient (Wildman–Crippen LogP) is 2.25. The SMILES string of the molecule is Cc1ccc(C(=O)N2CCOC(C)(C)C2)cc1. The van der Waals surface area contributed by atoms with Crippen LogP contribution >= 0.6 is 0 Å². The molecule has 1 amide bonds. The first-order chi connectivity index (χ1) is 7.98. The quantitative estimate of drug-likeness (QED) is 0.744. The standard InChI is InChI=1S/C14H19NO2/c1-11-4-6-12(7-5-11)13(16)15-8-9-17-14(2,3)10-15/h4-7H,8-10H2,1-3H3. The first kappa shape index (κ1) is 12.1. The van der Waals surface area contributed by atoms with E-state index in [-0.39, 0.29) is 11.5 Å². The van der Waals surface area contributed by atoms with E-state index in [0.717, 1.165) is 5.56 Å². The Labute approximate surface area is 102 Å². The van der Waals surface area contributed by atoms with Crippen LogP contribution < -0.4 is 0 Å². The van der Waals surface area contributed by atoms with Gasteiger partial charge in [0.1, 0.15) is 0 Å². The van der Waals surface area contributed by atoms with Gasteiger partial charge in [-0.05, 0) is 32.9 Å². The minimum atomic E-state index is -0.237. The third-order valence-electron chi connectivity index (χ3n) is 3.01. The number of benzene rings is 1. The highest BCUT2D eigenvalue weighted by Gasteiger charge is 2.30. The molecule has 1 aromatic rings. The second-order valence-electron chi connectivity index (χ2n) is 5.20. The van der Waals surface area contributed by atoms with Crippen molar-refractivity contribution < 1.29 is 9.53 Å². The average molecular weight is 233 g/mol. The Balaban J connectivity index is 2.12. The summed E-state index contributed by atoms with van der Waals surface area (Å²) in [5.41, 5.74) is 1.69. The summed E-state index contributed by atoms with van der Waals surface area (Å²) in [5, 5.41) is 0. The number of rotatable bonds is 1. The summed E-state index contributed by atoms with van der Waals surface area (Å²) >= 11 is 0. The van der Waals surface area contributed by atoms with Crippen LogP contribution in [0.1, 0.15) is 29.8 Å². The molecule has 0 unspecified atom stereocenters. The average Bonchev–Trinajstić information content (AvgIpc) is 2.28. The Bertz CT molecular complexity index is 409. The molecule has 1 aliphatic rings. The molecule has 0 aromatic heterocycles. The summed E-state index contributed by atoms with van der Waals surface area (Å²) in [6.07, 6.45) is 0. The molecule has 1 aromatic carbocycles. The van der Waals surface area contributed by atoms with Crippen LogP contribution in [0.25, 0.3) is 0 Å². The van der Waals surface area contributed by atoms with Gasteiger partial charge in [0.05, 0.1) is 12.2 Å². The van der Waals surface area contributed by atoms with Crippen LogP contribution in [0, 0.1) is 6.92 Å². The Morgan fingerprint density at radius 1 is 1.29 bits per heavy atom. The van der Waals surface area contributed by atoms with Crippen LogP contribution in [0.2, 0.25) is 0 Å². The maximum atomic E-state index is 12.3. The molecule has 3 heteroatoms. The lowest BCUT2D eigenvalue weighted by Gasteiger charge is -2.38. The van der Waals surface area contributed by atoms with E-state index in [2.05, 4.69) is 0 Å². The molecule has 3 nitrogen and oxygen atoms in total. The minimum absolute atomic E-state index is 0.0985. The number of carbonyl (C=O) groups excluding carboxylic acids is 1. The topological polar surface area (TPSA) is 29.5 Å². The first-order valence-corrected chi connectivity index (χ1v) is 5.98. The van der Waals surface area contributed by atoms with Gasteiger partial charge in [-0.1, -0.05) is 17.7 Å². The second kappa shape index (κ2) is 4.49. The van der Waals surface area contributed by atoms with Crippen molar-refractivity contribution in [2.75, 3.05) is 19.7 Å². The van der Waals surface area contributed by atoms with Crippen molar-refractivity contribution in [1.82, 2.24) is 4.90 Å². The van der Waals surface area contributed by atoms with E-state index in [0.29, 0.717) is 19.7 Å². The maximum absolute atomic E-state index is 12.3. The summed E-state index contributed by atoms with van der Waals surface area (Å²) in [6, 6.07) is 7.72. The molecule has 1 aliphatic heterocycles. The molecule has 1 fully saturated rings. The number of hydrogen-bond donors (Lipinski definition) is 0. The predicted molar refractivity (Wildman–Crippen MR) is 67.1 cm³/mol. The van der Waals surface area contributed by atoms with E-state index < -0.39 is 0 Å². The van der Waals surface area contributed by atoms with E-state index >= 15 is 0 Å². The van der Waals surface area contributed by atoms with Gasteiger partial charge in [0, 0.05) is 18.7 Å². The Hall–Kier alpha value is -1.35. The third kappa shape index (κ3) is 2.86. The van der Waals surface area contributed by atoms with E-state index in [9.17, 15) is 4.79 Å². The number of carbonyl (C=O) groups is 1. The number of amides is 1. The highest BCUT2D eigenvalue weighted by Crippen LogP contribution is 2.18. The van der Waals surface area contributed by atoms with Crippen molar-refractivity contribution >= 4 is 5.91 Å². The van der Waals surface area contributed by atoms with Gasteiger partial charge in [-0.15, -0.1) is 0 Å². The van der Waals surface area contributed by atoms with Crippen molar-refractivity contribution in [2.45, 2.75) is 26.4 Å². The molecule has 17 heavy (non-hydrogen) atoms.